The number of ether oxygens (including phenoxy) is 1. The smallest absolute Gasteiger partial charge is 0.170 e. The van der Waals surface area contributed by atoms with Gasteiger partial charge in [0.05, 0.1) is 24.9 Å². The Morgan fingerprint density at radius 1 is 1.14 bits per heavy atom. The molecule has 29 heavy (non-hydrogen) atoms. The third-order valence-corrected chi connectivity index (χ3v) is 5.53. The molecule has 0 saturated carbocycles. The van der Waals surface area contributed by atoms with E-state index in [1.807, 2.05) is 36.5 Å². The predicted octanol–water partition coefficient (Wildman–Crippen LogP) is 4.51. The van der Waals surface area contributed by atoms with Crippen molar-refractivity contribution in [2.75, 3.05) is 13.7 Å². The first-order valence-electron chi connectivity index (χ1n) is 9.88. The van der Waals surface area contributed by atoms with Crippen molar-refractivity contribution < 1.29 is 4.74 Å². The molecule has 0 aliphatic carbocycles. The van der Waals surface area contributed by atoms with Crippen LogP contribution in [0.2, 0.25) is 0 Å². The first kappa shape index (κ1) is 19.5. The van der Waals surface area contributed by atoms with Crippen LogP contribution in [0, 0.1) is 5.92 Å². The molecular weight excluding hydrogens is 380 g/mol. The van der Waals surface area contributed by atoms with Gasteiger partial charge in [0.25, 0.3) is 0 Å². The van der Waals surface area contributed by atoms with E-state index in [0.29, 0.717) is 5.92 Å². The Kier molecular flexibility index (Phi) is 5.53. The zero-order chi connectivity index (χ0) is 20.4. The van der Waals surface area contributed by atoms with Crippen LogP contribution in [0.25, 0.3) is 5.69 Å². The molecule has 1 aliphatic heterocycles. The standard InChI is InChI=1S/C23H26N4OS/c1-16(2)15-27-22(21(25-23(27)29)19-10-4-5-12-24-19)20-11-7-13-26(20)17-8-6-9-18(14-17)28-3/h4-14,16,21-22H,15H2,1-3H3,(H,25,29)/t21-,22-/m0/s1. The highest BCUT2D eigenvalue weighted by molar-refractivity contribution is 7.80. The maximum atomic E-state index is 5.74. The summed E-state index contributed by atoms with van der Waals surface area (Å²) in [4.78, 5) is 6.92. The average molecular weight is 407 g/mol. The van der Waals surface area contributed by atoms with Gasteiger partial charge in [-0.25, -0.2) is 0 Å². The fourth-order valence-electron chi connectivity index (χ4n) is 3.95. The molecule has 1 aliphatic rings. The van der Waals surface area contributed by atoms with Crippen LogP contribution < -0.4 is 10.1 Å². The van der Waals surface area contributed by atoms with E-state index in [4.69, 9.17) is 17.0 Å². The lowest BCUT2D eigenvalue weighted by atomic mass is 10.0. The number of nitrogens with one attached hydrogen (secondary N) is 1. The van der Waals surface area contributed by atoms with Crippen LogP contribution in [0.1, 0.15) is 37.3 Å². The lowest BCUT2D eigenvalue weighted by molar-refractivity contribution is 0.280. The minimum atomic E-state index is -0.0123. The SMILES string of the molecule is COc1cccc(-n2cccc2[C@H]2[C@H](c3ccccn3)NC(=S)N2CC(C)C)c1. The van der Waals surface area contributed by atoms with Gasteiger partial charge in [-0.1, -0.05) is 26.0 Å². The summed E-state index contributed by atoms with van der Waals surface area (Å²) in [6, 6.07) is 18.4. The highest BCUT2D eigenvalue weighted by Gasteiger charge is 2.41. The molecule has 1 aromatic carbocycles. The van der Waals surface area contributed by atoms with Crippen molar-refractivity contribution in [2.24, 2.45) is 5.92 Å². The number of pyridine rings is 1. The summed E-state index contributed by atoms with van der Waals surface area (Å²) >= 11 is 5.74. The van der Waals surface area contributed by atoms with E-state index in [0.717, 1.165) is 28.8 Å². The Morgan fingerprint density at radius 2 is 2.00 bits per heavy atom. The molecule has 1 saturated heterocycles. The predicted molar refractivity (Wildman–Crippen MR) is 119 cm³/mol. The van der Waals surface area contributed by atoms with E-state index in [1.165, 1.54) is 5.69 Å². The largest absolute Gasteiger partial charge is 0.497 e. The monoisotopic (exact) mass is 406 g/mol. The summed E-state index contributed by atoms with van der Waals surface area (Å²) in [5.41, 5.74) is 3.22. The van der Waals surface area contributed by atoms with Crippen molar-refractivity contribution in [3.05, 3.63) is 78.4 Å². The van der Waals surface area contributed by atoms with E-state index < -0.39 is 0 Å². The van der Waals surface area contributed by atoms with Crippen LogP contribution in [0.15, 0.2) is 67.0 Å². The third-order valence-electron chi connectivity index (χ3n) is 5.17. The number of hydrogen-bond acceptors (Lipinski definition) is 3. The Bertz CT molecular complexity index is 985. The van der Waals surface area contributed by atoms with Crippen LogP contribution >= 0.6 is 12.2 Å². The summed E-state index contributed by atoms with van der Waals surface area (Å²) in [5, 5.41) is 4.30. The molecule has 2 atom stereocenters. The molecule has 0 spiro atoms. The molecule has 0 radical (unpaired) electrons. The minimum Gasteiger partial charge on any atom is -0.497 e. The Hall–Kier alpha value is -2.86. The summed E-state index contributed by atoms with van der Waals surface area (Å²) < 4.78 is 7.65. The van der Waals surface area contributed by atoms with Crippen molar-refractivity contribution in [2.45, 2.75) is 25.9 Å². The van der Waals surface area contributed by atoms with Crippen molar-refractivity contribution in [3.63, 3.8) is 0 Å². The average Bonchev–Trinajstić information content (AvgIpc) is 3.33. The highest BCUT2D eigenvalue weighted by atomic mass is 32.1. The maximum Gasteiger partial charge on any atom is 0.170 e. The Labute approximate surface area is 177 Å². The van der Waals surface area contributed by atoms with E-state index >= 15 is 0 Å². The first-order valence-corrected chi connectivity index (χ1v) is 10.3. The number of nitrogens with zero attached hydrogens (tertiary/aromatic N) is 3. The van der Waals surface area contributed by atoms with Gasteiger partial charge in [0.1, 0.15) is 5.75 Å². The molecule has 0 bridgehead atoms. The maximum absolute atomic E-state index is 5.74. The normalized spacial score (nSPS) is 18.9. The third kappa shape index (κ3) is 3.85. The van der Waals surface area contributed by atoms with Gasteiger partial charge < -0.3 is 19.5 Å². The number of hydrogen-bond donors (Lipinski definition) is 1. The van der Waals surface area contributed by atoms with Crippen LogP contribution in [0.5, 0.6) is 5.75 Å². The Morgan fingerprint density at radius 3 is 2.72 bits per heavy atom. The molecule has 5 nitrogen and oxygen atoms in total. The second-order valence-corrected chi connectivity index (χ2v) is 8.06. The molecular formula is C23H26N4OS. The van der Waals surface area contributed by atoms with Crippen LogP contribution in [-0.2, 0) is 0 Å². The quantitative estimate of drug-likeness (QED) is 0.610. The van der Waals surface area contributed by atoms with Gasteiger partial charge in [-0.05, 0) is 54.5 Å². The molecule has 6 heteroatoms. The molecule has 2 aromatic heterocycles. The number of aromatic nitrogens is 2. The van der Waals surface area contributed by atoms with Crippen LogP contribution in [0.3, 0.4) is 0 Å². The van der Waals surface area contributed by atoms with Crippen molar-refractivity contribution in [1.29, 1.82) is 0 Å². The molecule has 3 heterocycles. The van der Waals surface area contributed by atoms with Crippen molar-refractivity contribution in [1.82, 2.24) is 19.8 Å². The number of benzene rings is 1. The van der Waals surface area contributed by atoms with Gasteiger partial charge in [0.2, 0.25) is 0 Å². The van der Waals surface area contributed by atoms with Crippen LogP contribution in [0.4, 0.5) is 0 Å². The zero-order valence-electron chi connectivity index (χ0n) is 16.9. The highest BCUT2D eigenvalue weighted by Crippen LogP contribution is 2.40. The van der Waals surface area contributed by atoms with E-state index in [9.17, 15) is 0 Å². The van der Waals surface area contributed by atoms with Gasteiger partial charge in [-0.15, -0.1) is 0 Å². The summed E-state index contributed by atoms with van der Waals surface area (Å²) in [6.07, 6.45) is 3.93. The summed E-state index contributed by atoms with van der Waals surface area (Å²) in [5.74, 6) is 1.32. The van der Waals surface area contributed by atoms with Crippen molar-refractivity contribution in [3.8, 4) is 11.4 Å². The van der Waals surface area contributed by atoms with Gasteiger partial charge in [0, 0.05) is 36.4 Å². The number of methoxy groups -OCH3 is 1. The van der Waals surface area contributed by atoms with E-state index in [-0.39, 0.29) is 12.1 Å². The lowest BCUT2D eigenvalue weighted by Gasteiger charge is -2.30. The fraction of sp³-hybridized carbons (Fsp3) is 0.304. The molecule has 1 N–H and O–H groups in total. The van der Waals surface area contributed by atoms with Gasteiger partial charge in [-0.3, -0.25) is 4.98 Å². The van der Waals surface area contributed by atoms with Gasteiger partial charge >= 0.3 is 0 Å². The number of thiocarbonyl (C=S) groups is 1. The number of rotatable bonds is 6. The molecule has 0 amide bonds. The second kappa shape index (κ2) is 8.25. The Balaban J connectivity index is 1.81. The molecule has 3 aromatic rings. The first-order chi connectivity index (χ1) is 14.1. The second-order valence-electron chi connectivity index (χ2n) is 7.68. The van der Waals surface area contributed by atoms with E-state index in [1.54, 1.807) is 7.11 Å². The van der Waals surface area contributed by atoms with Gasteiger partial charge in [-0.2, -0.15) is 0 Å². The van der Waals surface area contributed by atoms with E-state index in [2.05, 4.69) is 64.1 Å². The molecule has 1 fully saturated rings. The minimum absolute atomic E-state index is 0.0123. The fourth-order valence-corrected chi connectivity index (χ4v) is 4.26. The topological polar surface area (TPSA) is 42.3 Å². The molecule has 150 valence electrons. The van der Waals surface area contributed by atoms with Crippen molar-refractivity contribution >= 4 is 17.3 Å². The van der Waals surface area contributed by atoms with Gasteiger partial charge in [0.15, 0.2) is 5.11 Å². The lowest BCUT2D eigenvalue weighted by Crippen LogP contribution is -2.33. The summed E-state index contributed by atoms with van der Waals surface area (Å²) in [7, 11) is 1.69. The van der Waals surface area contributed by atoms with Crippen LogP contribution in [-0.4, -0.2) is 33.2 Å². The molecule has 0 unspecified atom stereocenters. The zero-order valence-corrected chi connectivity index (χ0v) is 17.8. The molecule has 4 rings (SSSR count). The summed E-state index contributed by atoms with van der Waals surface area (Å²) in [6.45, 7) is 5.31.